The molecular formula is C12H26OSi. The molecule has 1 heterocycles. The molecule has 2 heteroatoms. The first-order valence-electron chi connectivity index (χ1n) is 5.82. The molecule has 2 atom stereocenters. The van der Waals surface area contributed by atoms with E-state index in [9.17, 15) is 0 Å². The minimum atomic E-state index is -1.09. The fraction of sp³-hybridized carbons (Fsp3) is 1.00. The molecule has 0 radical (unpaired) electrons. The van der Waals surface area contributed by atoms with E-state index < -0.39 is 8.07 Å². The lowest BCUT2D eigenvalue weighted by molar-refractivity contribution is 0.183. The van der Waals surface area contributed by atoms with E-state index >= 15 is 0 Å². The molecule has 1 saturated heterocycles. The van der Waals surface area contributed by atoms with Crippen LogP contribution in [0.5, 0.6) is 0 Å². The summed E-state index contributed by atoms with van der Waals surface area (Å²) >= 11 is 0. The molecule has 0 N–H and O–H groups in total. The molecule has 1 rings (SSSR count). The zero-order chi connectivity index (χ0) is 11.0. The first kappa shape index (κ1) is 12.2. The monoisotopic (exact) mass is 214 g/mol. The zero-order valence-corrected chi connectivity index (χ0v) is 11.7. The molecule has 0 aromatic rings. The van der Waals surface area contributed by atoms with E-state index in [-0.39, 0.29) is 0 Å². The highest BCUT2D eigenvalue weighted by atomic mass is 28.3. The van der Waals surface area contributed by atoms with Gasteiger partial charge in [-0.25, -0.2) is 0 Å². The van der Waals surface area contributed by atoms with Gasteiger partial charge in [0.15, 0.2) is 0 Å². The van der Waals surface area contributed by atoms with Crippen molar-refractivity contribution < 1.29 is 4.74 Å². The van der Waals surface area contributed by atoms with Crippen LogP contribution in [-0.4, -0.2) is 21.3 Å². The average molecular weight is 214 g/mol. The number of ether oxygens (including phenoxy) is 1. The first-order valence-corrected chi connectivity index (χ1v) is 9.02. The van der Waals surface area contributed by atoms with Gasteiger partial charge in [0, 0.05) is 13.2 Å². The predicted octanol–water partition coefficient (Wildman–Crippen LogP) is 3.78. The number of hydrogen-bond acceptors (Lipinski definition) is 1. The normalized spacial score (nSPS) is 29.6. The summed E-state index contributed by atoms with van der Waals surface area (Å²) in [5, 5.41) is 0.523. The average Bonchev–Trinajstić information content (AvgIpc) is 2.33. The second-order valence-electron chi connectivity index (χ2n) is 6.61. The summed E-state index contributed by atoms with van der Waals surface area (Å²) in [4.78, 5) is 0. The molecule has 1 aliphatic heterocycles. The Labute approximate surface area is 90.2 Å². The van der Waals surface area contributed by atoms with Gasteiger partial charge in [0.25, 0.3) is 0 Å². The maximum Gasteiger partial charge on any atom is 0.0531 e. The van der Waals surface area contributed by atoms with E-state index in [2.05, 4.69) is 40.8 Å². The van der Waals surface area contributed by atoms with Crippen LogP contribution in [0.15, 0.2) is 0 Å². The Bertz CT molecular complexity index is 193. The van der Waals surface area contributed by atoms with Crippen LogP contribution in [0.2, 0.25) is 24.2 Å². The predicted molar refractivity (Wildman–Crippen MR) is 65.5 cm³/mol. The lowest BCUT2D eigenvalue weighted by Crippen LogP contribution is -2.39. The highest BCUT2D eigenvalue weighted by molar-refractivity contribution is 6.80. The van der Waals surface area contributed by atoms with Crippen molar-refractivity contribution in [3.05, 3.63) is 0 Å². The first-order chi connectivity index (χ1) is 6.24. The summed E-state index contributed by atoms with van der Waals surface area (Å²) in [7, 11) is -1.09. The fourth-order valence-electron chi connectivity index (χ4n) is 1.93. The minimum absolute atomic E-state index is 0.523. The van der Waals surface area contributed by atoms with Gasteiger partial charge in [0.1, 0.15) is 0 Å². The van der Waals surface area contributed by atoms with Crippen LogP contribution in [0.1, 0.15) is 27.7 Å². The molecule has 14 heavy (non-hydrogen) atoms. The summed E-state index contributed by atoms with van der Waals surface area (Å²) in [6.07, 6.45) is 0. The topological polar surface area (TPSA) is 9.23 Å². The number of hydrogen-bond donors (Lipinski definition) is 0. The van der Waals surface area contributed by atoms with Gasteiger partial charge >= 0.3 is 0 Å². The van der Waals surface area contributed by atoms with Crippen LogP contribution < -0.4 is 0 Å². The number of rotatable bonds is 2. The third-order valence-electron chi connectivity index (χ3n) is 4.32. The maximum atomic E-state index is 5.55. The Kier molecular flexibility index (Phi) is 3.48. The molecular weight excluding hydrogens is 188 g/mol. The molecule has 0 aromatic heterocycles. The van der Waals surface area contributed by atoms with Crippen LogP contribution in [0.25, 0.3) is 0 Å². The molecule has 0 bridgehead atoms. The van der Waals surface area contributed by atoms with Gasteiger partial charge in [-0.05, 0) is 16.9 Å². The van der Waals surface area contributed by atoms with Crippen molar-refractivity contribution >= 4 is 8.07 Å². The summed E-state index contributed by atoms with van der Waals surface area (Å²) in [5.41, 5.74) is 0. The van der Waals surface area contributed by atoms with E-state index in [1.165, 1.54) is 6.04 Å². The van der Waals surface area contributed by atoms with Crippen LogP contribution in [-0.2, 0) is 4.74 Å². The third-order valence-corrected chi connectivity index (χ3v) is 9.93. The lowest BCUT2D eigenvalue weighted by Gasteiger charge is -2.39. The molecule has 1 aliphatic rings. The van der Waals surface area contributed by atoms with Crippen molar-refractivity contribution in [3.63, 3.8) is 0 Å². The second kappa shape index (κ2) is 3.97. The Morgan fingerprint density at radius 3 is 2.14 bits per heavy atom. The highest BCUT2D eigenvalue weighted by Gasteiger charge is 2.39. The van der Waals surface area contributed by atoms with E-state index in [0.29, 0.717) is 5.04 Å². The van der Waals surface area contributed by atoms with E-state index in [0.717, 1.165) is 25.0 Å². The van der Waals surface area contributed by atoms with E-state index in [1.54, 1.807) is 0 Å². The molecule has 0 amide bonds. The Morgan fingerprint density at radius 1 is 1.21 bits per heavy atom. The van der Waals surface area contributed by atoms with Crippen LogP contribution in [0.3, 0.4) is 0 Å². The van der Waals surface area contributed by atoms with E-state index in [1.807, 2.05) is 0 Å². The molecule has 0 unspecified atom stereocenters. The quantitative estimate of drug-likeness (QED) is 0.636. The highest BCUT2D eigenvalue weighted by Crippen LogP contribution is 2.42. The van der Waals surface area contributed by atoms with Gasteiger partial charge in [-0.1, -0.05) is 46.8 Å². The zero-order valence-electron chi connectivity index (χ0n) is 10.7. The van der Waals surface area contributed by atoms with Gasteiger partial charge in [-0.3, -0.25) is 0 Å². The van der Waals surface area contributed by atoms with Crippen LogP contribution in [0.4, 0.5) is 0 Å². The van der Waals surface area contributed by atoms with Crippen LogP contribution in [0, 0.1) is 11.8 Å². The smallest absolute Gasteiger partial charge is 0.0531 e. The lowest BCUT2D eigenvalue weighted by atomic mass is 10.0. The molecule has 0 saturated carbocycles. The second-order valence-corrected chi connectivity index (χ2v) is 12.3. The summed E-state index contributed by atoms with van der Waals surface area (Å²) in [5.74, 6) is 1.61. The molecule has 0 aliphatic carbocycles. The molecule has 84 valence electrons. The van der Waals surface area contributed by atoms with Gasteiger partial charge < -0.3 is 4.74 Å². The largest absolute Gasteiger partial charge is 0.381 e. The summed E-state index contributed by atoms with van der Waals surface area (Å²) in [6, 6.07) is 1.43. The minimum Gasteiger partial charge on any atom is -0.381 e. The summed E-state index contributed by atoms with van der Waals surface area (Å²) in [6.45, 7) is 16.6. The Balaban J connectivity index is 2.58. The van der Waals surface area contributed by atoms with Crippen molar-refractivity contribution in [1.82, 2.24) is 0 Å². The SMILES string of the molecule is C[C@@H]1COC[C@@H]1C[Si](C)(C)C(C)(C)C. The fourth-order valence-corrected chi connectivity index (χ4v) is 4.37. The van der Waals surface area contributed by atoms with Gasteiger partial charge in [-0.15, -0.1) is 0 Å². The Hall–Kier alpha value is 0.177. The molecule has 0 aromatic carbocycles. The van der Waals surface area contributed by atoms with Gasteiger partial charge in [0.2, 0.25) is 0 Å². The summed E-state index contributed by atoms with van der Waals surface area (Å²) < 4.78 is 5.55. The van der Waals surface area contributed by atoms with Crippen molar-refractivity contribution in [2.75, 3.05) is 13.2 Å². The Morgan fingerprint density at radius 2 is 1.79 bits per heavy atom. The van der Waals surface area contributed by atoms with Gasteiger partial charge in [-0.2, -0.15) is 0 Å². The van der Waals surface area contributed by atoms with Crippen LogP contribution >= 0.6 is 0 Å². The van der Waals surface area contributed by atoms with Crippen molar-refractivity contribution in [2.24, 2.45) is 11.8 Å². The van der Waals surface area contributed by atoms with Crippen molar-refractivity contribution in [1.29, 1.82) is 0 Å². The molecule has 1 fully saturated rings. The third kappa shape index (κ3) is 2.60. The molecule has 1 nitrogen and oxygen atoms in total. The molecule has 0 spiro atoms. The van der Waals surface area contributed by atoms with Gasteiger partial charge in [0.05, 0.1) is 8.07 Å². The van der Waals surface area contributed by atoms with Crippen molar-refractivity contribution in [2.45, 2.75) is 51.9 Å². The van der Waals surface area contributed by atoms with E-state index in [4.69, 9.17) is 4.74 Å². The maximum absolute atomic E-state index is 5.55. The van der Waals surface area contributed by atoms with Crippen molar-refractivity contribution in [3.8, 4) is 0 Å². The standard InChI is InChI=1S/C12H26OSi/c1-10-7-13-8-11(10)9-14(5,6)12(2,3)4/h10-11H,7-9H2,1-6H3/t10-,11-/m1/s1.